The molecule has 0 saturated heterocycles. The molecule has 2 rings (SSSR count). The van der Waals surface area contributed by atoms with Crippen molar-refractivity contribution >= 4 is 39.2 Å². The van der Waals surface area contributed by atoms with Gasteiger partial charge in [0.15, 0.2) is 4.77 Å². The van der Waals surface area contributed by atoms with Gasteiger partial charge in [0, 0.05) is 11.0 Å². The van der Waals surface area contributed by atoms with Gasteiger partial charge in [-0.25, -0.2) is 0 Å². The van der Waals surface area contributed by atoms with Crippen molar-refractivity contribution in [2.24, 2.45) is 11.3 Å². The lowest BCUT2D eigenvalue weighted by atomic mass is 9.82. The Hall–Kier alpha value is -0.610. The summed E-state index contributed by atoms with van der Waals surface area (Å²) >= 11 is 8.92. The van der Waals surface area contributed by atoms with E-state index in [0.29, 0.717) is 5.92 Å². The van der Waals surface area contributed by atoms with Gasteiger partial charge in [0.1, 0.15) is 0 Å². The van der Waals surface area contributed by atoms with Crippen LogP contribution in [0.4, 0.5) is 0 Å². The molecule has 18 heavy (non-hydrogen) atoms. The molecule has 0 spiro atoms. The van der Waals surface area contributed by atoms with E-state index in [1.54, 1.807) is 0 Å². The number of halogens is 1. The van der Waals surface area contributed by atoms with E-state index in [1.807, 2.05) is 0 Å². The van der Waals surface area contributed by atoms with Gasteiger partial charge in [0.05, 0.1) is 11.0 Å². The summed E-state index contributed by atoms with van der Waals surface area (Å²) < 4.78 is 4.08. The Morgan fingerprint density at radius 2 is 2.06 bits per heavy atom. The largest absolute Gasteiger partial charge is 0.331 e. The van der Waals surface area contributed by atoms with Gasteiger partial charge in [0.25, 0.3) is 0 Å². The summed E-state index contributed by atoms with van der Waals surface area (Å²) in [7, 11) is 0. The monoisotopic (exact) mass is 326 g/mol. The standard InChI is InChI=1S/C14H19BrN2S/c1-9(14(2,3)4)8-17-12-6-5-10(15)7-11(12)16-13(17)18/h5-7,9H,8H2,1-4H3,(H,16,18). The fraction of sp³-hybridized carbons (Fsp3) is 0.500. The highest BCUT2D eigenvalue weighted by atomic mass is 79.9. The second-order valence-corrected chi connectivity index (χ2v) is 7.27. The van der Waals surface area contributed by atoms with Crippen molar-refractivity contribution < 1.29 is 0 Å². The number of nitrogens with one attached hydrogen (secondary N) is 1. The van der Waals surface area contributed by atoms with Gasteiger partial charge in [0.2, 0.25) is 0 Å². The number of rotatable bonds is 2. The number of hydrogen-bond donors (Lipinski definition) is 1. The molecule has 1 atom stereocenters. The predicted molar refractivity (Wildman–Crippen MR) is 83.4 cm³/mol. The van der Waals surface area contributed by atoms with Crippen LogP contribution in [0.2, 0.25) is 0 Å². The Bertz CT molecular complexity index is 619. The molecule has 0 aliphatic rings. The lowest BCUT2D eigenvalue weighted by Gasteiger charge is -2.27. The third kappa shape index (κ3) is 2.69. The Morgan fingerprint density at radius 1 is 1.39 bits per heavy atom. The molecule has 2 nitrogen and oxygen atoms in total. The fourth-order valence-corrected chi connectivity index (χ4v) is 2.51. The van der Waals surface area contributed by atoms with Crippen LogP contribution in [0.15, 0.2) is 22.7 Å². The van der Waals surface area contributed by atoms with Crippen LogP contribution in [0.3, 0.4) is 0 Å². The molecule has 1 aromatic heterocycles. The van der Waals surface area contributed by atoms with Crippen LogP contribution in [0.1, 0.15) is 27.7 Å². The second kappa shape index (κ2) is 4.82. The predicted octanol–water partition coefficient (Wildman–Crippen LogP) is 5.14. The van der Waals surface area contributed by atoms with Crippen LogP contribution < -0.4 is 0 Å². The normalized spacial score (nSPS) is 14.1. The van der Waals surface area contributed by atoms with Gasteiger partial charge in [-0.1, -0.05) is 43.6 Å². The van der Waals surface area contributed by atoms with E-state index in [2.05, 4.69) is 71.4 Å². The molecule has 0 amide bonds. The number of benzene rings is 1. The zero-order chi connectivity index (χ0) is 13.5. The molecule has 0 radical (unpaired) electrons. The second-order valence-electron chi connectivity index (χ2n) is 5.97. The first-order valence-electron chi connectivity index (χ1n) is 6.17. The summed E-state index contributed by atoms with van der Waals surface area (Å²) in [6, 6.07) is 6.24. The van der Waals surface area contributed by atoms with Crippen LogP contribution in [0, 0.1) is 16.1 Å². The summed E-state index contributed by atoms with van der Waals surface area (Å²) in [4.78, 5) is 3.27. The molecule has 0 saturated carbocycles. The highest BCUT2D eigenvalue weighted by Crippen LogP contribution is 2.28. The summed E-state index contributed by atoms with van der Waals surface area (Å²) in [5, 5.41) is 0. The Labute approximate surface area is 122 Å². The number of H-pyrrole nitrogens is 1. The van der Waals surface area contributed by atoms with Gasteiger partial charge in [-0.2, -0.15) is 0 Å². The van der Waals surface area contributed by atoms with Gasteiger partial charge in [-0.3, -0.25) is 0 Å². The maximum Gasteiger partial charge on any atom is 0.178 e. The molecular weight excluding hydrogens is 308 g/mol. The van der Waals surface area contributed by atoms with E-state index in [9.17, 15) is 0 Å². The van der Waals surface area contributed by atoms with Crippen LogP contribution in [-0.2, 0) is 6.54 Å². The maximum absolute atomic E-state index is 5.43. The highest BCUT2D eigenvalue weighted by Gasteiger charge is 2.21. The molecule has 98 valence electrons. The molecule has 1 aromatic carbocycles. The topological polar surface area (TPSA) is 20.7 Å². The first-order chi connectivity index (χ1) is 8.29. The van der Waals surface area contributed by atoms with Crippen molar-refractivity contribution in [2.45, 2.75) is 34.2 Å². The number of aromatic nitrogens is 2. The molecular formula is C14H19BrN2S. The SMILES string of the molecule is CC(Cn1c(=S)[nH]c2cc(Br)ccc21)C(C)(C)C. The van der Waals surface area contributed by atoms with E-state index >= 15 is 0 Å². The number of fused-ring (bicyclic) bond motifs is 1. The molecule has 1 N–H and O–H groups in total. The average molecular weight is 327 g/mol. The van der Waals surface area contributed by atoms with Crippen molar-refractivity contribution in [3.8, 4) is 0 Å². The van der Waals surface area contributed by atoms with Crippen molar-refractivity contribution in [3.05, 3.63) is 27.4 Å². The van der Waals surface area contributed by atoms with Crippen molar-refractivity contribution in [1.29, 1.82) is 0 Å². The van der Waals surface area contributed by atoms with Gasteiger partial charge in [-0.05, 0) is 41.7 Å². The van der Waals surface area contributed by atoms with Crippen LogP contribution in [0.5, 0.6) is 0 Å². The molecule has 4 heteroatoms. The third-order valence-electron chi connectivity index (χ3n) is 3.67. The summed E-state index contributed by atoms with van der Waals surface area (Å²) in [6.07, 6.45) is 0. The van der Waals surface area contributed by atoms with E-state index in [-0.39, 0.29) is 5.41 Å². The smallest absolute Gasteiger partial charge is 0.178 e. The Morgan fingerprint density at radius 3 is 2.67 bits per heavy atom. The molecule has 2 aromatic rings. The Kier molecular flexibility index (Phi) is 3.70. The highest BCUT2D eigenvalue weighted by molar-refractivity contribution is 9.10. The number of imidazole rings is 1. The maximum atomic E-state index is 5.43. The Balaban J connectivity index is 2.45. The molecule has 1 heterocycles. The van der Waals surface area contributed by atoms with Gasteiger partial charge >= 0.3 is 0 Å². The molecule has 0 fully saturated rings. The summed E-state index contributed by atoms with van der Waals surface area (Å²) in [5.74, 6) is 0.562. The minimum Gasteiger partial charge on any atom is -0.331 e. The van der Waals surface area contributed by atoms with Crippen molar-refractivity contribution in [3.63, 3.8) is 0 Å². The minimum atomic E-state index is 0.285. The quantitative estimate of drug-likeness (QED) is 0.757. The average Bonchev–Trinajstić information content (AvgIpc) is 2.53. The number of aromatic amines is 1. The third-order valence-corrected chi connectivity index (χ3v) is 4.49. The lowest BCUT2D eigenvalue weighted by molar-refractivity contribution is 0.234. The molecule has 0 aliphatic heterocycles. The van der Waals surface area contributed by atoms with Gasteiger partial charge in [-0.15, -0.1) is 0 Å². The first kappa shape index (κ1) is 13.8. The zero-order valence-electron chi connectivity index (χ0n) is 11.2. The van der Waals surface area contributed by atoms with Crippen LogP contribution >= 0.6 is 28.1 Å². The van der Waals surface area contributed by atoms with Crippen molar-refractivity contribution in [2.75, 3.05) is 0 Å². The van der Waals surface area contributed by atoms with Crippen molar-refractivity contribution in [1.82, 2.24) is 9.55 Å². The van der Waals surface area contributed by atoms with E-state index in [4.69, 9.17) is 12.2 Å². The molecule has 0 aliphatic carbocycles. The first-order valence-corrected chi connectivity index (χ1v) is 7.37. The molecule has 0 bridgehead atoms. The number of hydrogen-bond acceptors (Lipinski definition) is 1. The van der Waals surface area contributed by atoms with Gasteiger partial charge < -0.3 is 9.55 Å². The van der Waals surface area contributed by atoms with Crippen LogP contribution in [0.25, 0.3) is 11.0 Å². The van der Waals surface area contributed by atoms with E-state index in [0.717, 1.165) is 21.3 Å². The molecule has 1 unspecified atom stereocenters. The summed E-state index contributed by atoms with van der Waals surface area (Å²) in [6.45, 7) is 10.0. The van der Waals surface area contributed by atoms with E-state index < -0.39 is 0 Å². The minimum absolute atomic E-state index is 0.285. The number of nitrogens with zero attached hydrogens (tertiary/aromatic N) is 1. The summed E-state index contributed by atoms with van der Waals surface area (Å²) in [5.41, 5.74) is 2.56. The fourth-order valence-electron chi connectivity index (χ4n) is 1.86. The van der Waals surface area contributed by atoms with E-state index in [1.165, 1.54) is 5.52 Å². The lowest BCUT2D eigenvalue weighted by Crippen LogP contribution is -2.22. The van der Waals surface area contributed by atoms with Crippen LogP contribution in [-0.4, -0.2) is 9.55 Å². The zero-order valence-corrected chi connectivity index (χ0v) is 13.7.